The predicted molar refractivity (Wildman–Crippen MR) is 199 cm³/mol. The molecule has 6 atom stereocenters. The third kappa shape index (κ3) is 3.61. The zero-order chi connectivity index (χ0) is 36.2. The van der Waals surface area contributed by atoms with Crippen LogP contribution in [0.4, 0.5) is 11.4 Å². The summed E-state index contributed by atoms with van der Waals surface area (Å²) in [6.07, 6.45) is 0. The molecule has 10 rings (SSSR count). The Morgan fingerprint density at radius 2 is 1.10 bits per heavy atom. The van der Waals surface area contributed by atoms with E-state index in [2.05, 4.69) is 13.8 Å². The molecule has 2 heterocycles. The fraction of sp³-hybridized carbons (Fsp3) is 0.429. The third-order valence-corrected chi connectivity index (χ3v) is 14.9. The molecule has 6 aliphatic rings. The predicted octanol–water partition coefficient (Wildman–Crippen LogP) is 7.65. The van der Waals surface area contributed by atoms with Gasteiger partial charge in [0, 0.05) is 73.4 Å². The second kappa shape index (κ2) is 10.7. The molecule has 2 aliphatic heterocycles. The highest BCUT2D eigenvalue weighted by atomic mass is 35.5. The highest BCUT2D eigenvalue weighted by molar-refractivity contribution is 6.20. The monoisotopic (exact) mass is 736 g/mol. The van der Waals surface area contributed by atoms with E-state index in [0.29, 0.717) is 42.3 Å². The van der Waals surface area contributed by atoms with E-state index in [-0.39, 0.29) is 53.2 Å². The maximum atomic E-state index is 15.0. The van der Waals surface area contributed by atoms with Crippen LogP contribution in [-0.2, 0) is 19.2 Å². The van der Waals surface area contributed by atoms with Crippen molar-refractivity contribution in [3.63, 3.8) is 0 Å². The normalized spacial score (nSPS) is 34.0. The lowest BCUT2D eigenvalue weighted by molar-refractivity contribution is -0.489. The number of alkyl halides is 2. The minimum absolute atomic E-state index is 0.0555. The molecule has 0 aromatic heterocycles. The summed E-state index contributed by atoms with van der Waals surface area (Å²) in [5, 5.41) is 3.52. The maximum Gasteiger partial charge on any atom is 0.308 e. The largest absolute Gasteiger partial charge is 0.426 e. The minimum atomic E-state index is -0.611. The van der Waals surface area contributed by atoms with Crippen LogP contribution in [0.25, 0.3) is 21.5 Å². The molecule has 0 N–H and O–H groups in total. The molecule has 8 nitrogen and oxygen atoms in total. The lowest BCUT2D eigenvalue weighted by atomic mass is 9.05. The average molecular weight is 738 g/mol. The van der Waals surface area contributed by atoms with E-state index in [9.17, 15) is 14.4 Å². The van der Waals surface area contributed by atoms with E-state index < -0.39 is 22.8 Å². The van der Waals surface area contributed by atoms with Gasteiger partial charge in [-0.2, -0.15) is 0 Å². The first-order valence-electron chi connectivity index (χ1n) is 18.2. The van der Waals surface area contributed by atoms with Gasteiger partial charge in [-0.1, -0.05) is 62.4 Å². The number of hydrogen-bond acceptors (Lipinski definition) is 6. The van der Waals surface area contributed by atoms with Gasteiger partial charge >= 0.3 is 11.9 Å². The topological polar surface area (TPSA) is 93.2 Å². The summed E-state index contributed by atoms with van der Waals surface area (Å²) in [5.41, 5.74) is 2.47. The molecule has 266 valence electrons. The van der Waals surface area contributed by atoms with Gasteiger partial charge in [0.25, 0.3) is 0 Å². The summed E-state index contributed by atoms with van der Waals surface area (Å²) >= 11 is 13.2. The van der Waals surface area contributed by atoms with Crippen LogP contribution in [-0.4, -0.2) is 48.6 Å². The maximum absolute atomic E-state index is 15.0. The standard InChI is InChI=1S/C42H38Cl2N2O6/c1-19-34-36-38-37(41(36,4)39(49)45-17-22(15-43)32-26-11-7-5-9-24(26)30(13-28(32)45)51-20(2)47)35(19)42(34,38)40(50)46-18-23(16-44)33-27-12-8-6-10-25(27)31(14-29(33)46)52-21(3)48/h5-14,19,22-23,34-38H,15-18H2,1-4H3/t19?,22-,23?,34?,35?,36?,37?,38?,41?,42?/m1/s1. The van der Waals surface area contributed by atoms with Crippen LogP contribution >= 0.6 is 23.2 Å². The van der Waals surface area contributed by atoms with Crippen LogP contribution in [0, 0.1) is 46.3 Å². The van der Waals surface area contributed by atoms with Crippen LogP contribution in [0.15, 0.2) is 60.7 Å². The summed E-state index contributed by atoms with van der Waals surface area (Å²) in [4.78, 5) is 58.1. The number of ether oxygens (including phenoxy) is 2. The number of esters is 2. The number of carbonyl (C=O) groups is 4. The van der Waals surface area contributed by atoms with Crippen molar-refractivity contribution >= 4 is 79.9 Å². The molecular formula is C42H38Cl2N2O6. The quantitative estimate of drug-likeness (QED) is 0.115. The summed E-state index contributed by atoms with van der Waals surface area (Å²) in [5.74, 6) is 1.71. The second-order valence-corrected chi connectivity index (χ2v) is 16.7. The number of halogens is 2. The molecule has 5 unspecified atom stereocenters. The fourth-order valence-electron chi connectivity index (χ4n) is 12.7. The summed E-state index contributed by atoms with van der Waals surface area (Å²) in [6, 6.07) is 19.3. The van der Waals surface area contributed by atoms with Gasteiger partial charge in [-0.25, -0.2) is 0 Å². The highest BCUT2D eigenvalue weighted by Gasteiger charge is 2.99. The van der Waals surface area contributed by atoms with Gasteiger partial charge in [-0.05, 0) is 57.4 Å². The molecule has 4 aliphatic carbocycles. The number of nitrogens with zero attached hydrogens (tertiary/aromatic N) is 2. The van der Waals surface area contributed by atoms with E-state index in [1.54, 1.807) is 0 Å². The van der Waals surface area contributed by atoms with Crippen LogP contribution in [0.1, 0.15) is 50.7 Å². The SMILES string of the molecule is CC(=O)Oc1cc2c(c3ccccc13)C(CCl)CN2C(=O)C12C3C(C)C1C1C2C3C1(C)C(=O)N1C[C@@H](CCl)c2c1cc(OC(C)=O)c1ccccc21. The molecular weight excluding hydrogens is 699 g/mol. The first-order chi connectivity index (χ1) is 25.0. The van der Waals surface area contributed by atoms with Crippen molar-refractivity contribution in [2.24, 2.45) is 46.3 Å². The van der Waals surface area contributed by atoms with Crippen molar-refractivity contribution in [2.75, 3.05) is 34.6 Å². The molecule has 4 fully saturated rings. The molecule has 4 aromatic rings. The van der Waals surface area contributed by atoms with Crippen molar-refractivity contribution in [3.05, 3.63) is 71.8 Å². The van der Waals surface area contributed by atoms with Crippen molar-refractivity contribution < 1.29 is 28.7 Å². The van der Waals surface area contributed by atoms with Gasteiger partial charge in [-0.3, -0.25) is 19.2 Å². The molecule has 0 radical (unpaired) electrons. The first-order valence-corrected chi connectivity index (χ1v) is 19.3. The Morgan fingerprint density at radius 1 is 0.673 bits per heavy atom. The van der Waals surface area contributed by atoms with Gasteiger partial charge in [0.05, 0.1) is 22.2 Å². The molecule has 52 heavy (non-hydrogen) atoms. The Morgan fingerprint density at radius 3 is 1.52 bits per heavy atom. The van der Waals surface area contributed by atoms with Gasteiger partial charge < -0.3 is 19.3 Å². The summed E-state index contributed by atoms with van der Waals surface area (Å²) < 4.78 is 11.4. The average Bonchev–Trinajstić information content (AvgIpc) is 3.69. The van der Waals surface area contributed by atoms with Crippen molar-refractivity contribution in [3.8, 4) is 11.5 Å². The van der Waals surface area contributed by atoms with Crippen molar-refractivity contribution in [2.45, 2.75) is 39.5 Å². The van der Waals surface area contributed by atoms with Crippen LogP contribution in [0.3, 0.4) is 0 Å². The van der Waals surface area contributed by atoms with E-state index in [0.717, 1.165) is 44.0 Å². The summed E-state index contributed by atoms with van der Waals surface area (Å²) in [6.45, 7) is 8.07. The molecule has 0 bridgehead atoms. The Balaban J connectivity index is 0.996. The molecule has 4 saturated carbocycles. The number of benzene rings is 4. The number of hydrogen-bond donors (Lipinski definition) is 0. The minimum Gasteiger partial charge on any atom is -0.426 e. The molecule has 10 heteroatoms. The zero-order valence-electron chi connectivity index (χ0n) is 29.3. The number of amides is 2. The third-order valence-electron chi connectivity index (χ3n) is 14.2. The number of fused-ring (bicyclic) bond motifs is 8. The zero-order valence-corrected chi connectivity index (χ0v) is 30.8. The van der Waals surface area contributed by atoms with Gasteiger partial charge in [0.15, 0.2) is 0 Å². The molecule has 2 amide bonds. The number of carbonyl (C=O) groups excluding carboxylic acids is 4. The second-order valence-electron chi connectivity index (χ2n) is 16.1. The number of anilines is 2. The highest BCUT2D eigenvalue weighted by Crippen LogP contribution is 2.97. The molecule has 0 spiro atoms. The number of rotatable bonds is 6. The Labute approximate surface area is 311 Å². The van der Waals surface area contributed by atoms with E-state index in [1.165, 1.54) is 13.8 Å². The van der Waals surface area contributed by atoms with Gasteiger partial charge in [0.2, 0.25) is 11.8 Å². The van der Waals surface area contributed by atoms with Crippen molar-refractivity contribution in [1.82, 2.24) is 0 Å². The van der Waals surface area contributed by atoms with E-state index in [4.69, 9.17) is 32.7 Å². The molecule has 4 aromatic carbocycles. The summed E-state index contributed by atoms with van der Waals surface area (Å²) in [7, 11) is 0. The lowest BCUT2D eigenvalue weighted by Gasteiger charge is -2.97. The van der Waals surface area contributed by atoms with Crippen molar-refractivity contribution in [1.29, 1.82) is 0 Å². The van der Waals surface area contributed by atoms with Crippen LogP contribution in [0.2, 0.25) is 0 Å². The van der Waals surface area contributed by atoms with Crippen LogP contribution < -0.4 is 19.3 Å². The van der Waals surface area contributed by atoms with Gasteiger partial charge in [0.1, 0.15) is 11.5 Å². The fourth-order valence-corrected chi connectivity index (χ4v) is 13.2. The Kier molecular flexibility index (Phi) is 6.70. The van der Waals surface area contributed by atoms with E-state index >= 15 is 4.79 Å². The smallest absolute Gasteiger partial charge is 0.308 e. The Hall–Kier alpha value is -4.14. The van der Waals surface area contributed by atoms with Crippen LogP contribution in [0.5, 0.6) is 11.5 Å². The Bertz CT molecular complexity index is 2160. The van der Waals surface area contributed by atoms with E-state index in [1.807, 2.05) is 70.5 Å². The first kappa shape index (κ1) is 32.5. The van der Waals surface area contributed by atoms with Gasteiger partial charge in [-0.15, -0.1) is 23.2 Å². The lowest BCUT2D eigenvalue weighted by Crippen LogP contribution is -2.99. The molecule has 0 saturated heterocycles.